The van der Waals surface area contributed by atoms with Crippen molar-refractivity contribution in [2.24, 2.45) is 0 Å². The van der Waals surface area contributed by atoms with Crippen LogP contribution in [0.3, 0.4) is 0 Å². The van der Waals surface area contributed by atoms with E-state index in [1.807, 2.05) is 0 Å². The van der Waals surface area contributed by atoms with Crippen LogP contribution in [0, 0.1) is 0 Å². The Labute approximate surface area is 122 Å². The Balaban J connectivity index is 1.87. The van der Waals surface area contributed by atoms with Crippen molar-refractivity contribution in [2.75, 3.05) is 0 Å². The highest BCUT2D eigenvalue weighted by Crippen LogP contribution is 2.41. The first kappa shape index (κ1) is 12.4. The summed E-state index contributed by atoms with van der Waals surface area (Å²) in [5.41, 5.74) is 3.88. The molecular formula is C18H15Br. The molecule has 1 aliphatic carbocycles. The third-order valence-electron chi connectivity index (χ3n) is 3.51. The van der Waals surface area contributed by atoms with Crippen molar-refractivity contribution in [1.82, 2.24) is 0 Å². The molecule has 2 aromatic carbocycles. The Morgan fingerprint density at radius 3 is 2.05 bits per heavy atom. The summed E-state index contributed by atoms with van der Waals surface area (Å²) in [6, 6.07) is 21.1. The molecule has 0 aliphatic heterocycles. The van der Waals surface area contributed by atoms with Gasteiger partial charge < -0.3 is 0 Å². The van der Waals surface area contributed by atoms with Crippen LogP contribution in [-0.2, 0) is 4.32 Å². The van der Waals surface area contributed by atoms with Gasteiger partial charge in [-0.25, -0.2) is 0 Å². The molecule has 0 heterocycles. The summed E-state index contributed by atoms with van der Waals surface area (Å²) in [5.74, 6) is 0. The summed E-state index contributed by atoms with van der Waals surface area (Å²) in [7, 11) is 0. The van der Waals surface area contributed by atoms with Crippen molar-refractivity contribution in [3.8, 4) is 0 Å². The standard InChI is InChI=1S/C18H15Br/c19-18(17-9-5-2-6-10-17)13-11-16(12-14-18)15-7-3-1-4-8-15/h1-13H,14H2. The van der Waals surface area contributed by atoms with Gasteiger partial charge in [-0.2, -0.15) is 0 Å². The van der Waals surface area contributed by atoms with Gasteiger partial charge in [0.05, 0.1) is 4.32 Å². The van der Waals surface area contributed by atoms with E-state index in [1.165, 1.54) is 16.7 Å². The minimum Gasteiger partial charge on any atom is -0.0752 e. The molecular weight excluding hydrogens is 296 g/mol. The van der Waals surface area contributed by atoms with Gasteiger partial charge in [0.2, 0.25) is 0 Å². The minimum absolute atomic E-state index is 0.0630. The predicted molar refractivity (Wildman–Crippen MR) is 85.2 cm³/mol. The number of rotatable bonds is 2. The average molecular weight is 311 g/mol. The van der Waals surface area contributed by atoms with Crippen LogP contribution in [0.25, 0.3) is 5.57 Å². The fourth-order valence-corrected chi connectivity index (χ4v) is 2.95. The Morgan fingerprint density at radius 1 is 0.842 bits per heavy atom. The van der Waals surface area contributed by atoms with Crippen LogP contribution < -0.4 is 0 Å². The zero-order valence-electron chi connectivity index (χ0n) is 10.6. The van der Waals surface area contributed by atoms with Gasteiger partial charge in [-0.3, -0.25) is 0 Å². The minimum atomic E-state index is -0.0630. The van der Waals surface area contributed by atoms with Crippen molar-refractivity contribution in [3.05, 3.63) is 90.0 Å². The molecule has 0 saturated heterocycles. The lowest BCUT2D eigenvalue weighted by atomic mass is 9.88. The second-order valence-corrected chi connectivity index (χ2v) is 6.21. The van der Waals surface area contributed by atoms with Crippen LogP contribution in [0.2, 0.25) is 0 Å². The van der Waals surface area contributed by atoms with Crippen LogP contribution in [0.1, 0.15) is 17.5 Å². The lowest BCUT2D eigenvalue weighted by molar-refractivity contribution is 0.800. The molecule has 3 rings (SSSR count). The molecule has 0 aromatic heterocycles. The molecule has 1 aliphatic rings. The monoisotopic (exact) mass is 310 g/mol. The molecule has 2 aromatic rings. The molecule has 1 atom stereocenters. The molecule has 0 nitrogen and oxygen atoms in total. The van der Waals surface area contributed by atoms with Crippen LogP contribution in [-0.4, -0.2) is 0 Å². The van der Waals surface area contributed by atoms with E-state index in [0.29, 0.717) is 0 Å². The first-order valence-electron chi connectivity index (χ1n) is 6.47. The molecule has 0 amide bonds. The van der Waals surface area contributed by atoms with Gasteiger partial charge in [0, 0.05) is 0 Å². The molecule has 94 valence electrons. The molecule has 0 bridgehead atoms. The highest BCUT2D eigenvalue weighted by Gasteiger charge is 2.26. The van der Waals surface area contributed by atoms with Gasteiger partial charge in [0.25, 0.3) is 0 Å². The fraction of sp³-hybridized carbons (Fsp3) is 0.111. The van der Waals surface area contributed by atoms with Gasteiger partial charge in [-0.15, -0.1) is 0 Å². The van der Waals surface area contributed by atoms with Crippen molar-refractivity contribution >= 4 is 21.5 Å². The van der Waals surface area contributed by atoms with Gasteiger partial charge in [-0.05, 0) is 23.1 Å². The molecule has 0 N–H and O–H groups in total. The van der Waals surface area contributed by atoms with Crippen molar-refractivity contribution < 1.29 is 0 Å². The predicted octanol–water partition coefficient (Wildman–Crippen LogP) is 5.32. The summed E-state index contributed by atoms with van der Waals surface area (Å²) in [6.07, 6.45) is 7.74. The van der Waals surface area contributed by atoms with Crippen molar-refractivity contribution in [1.29, 1.82) is 0 Å². The molecule has 19 heavy (non-hydrogen) atoms. The Bertz CT molecular complexity index is 611. The van der Waals surface area contributed by atoms with E-state index >= 15 is 0 Å². The summed E-state index contributed by atoms with van der Waals surface area (Å²) in [4.78, 5) is 0. The van der Waals surface area contributed by atoms with E-state index in [0.717, 1.165) is 6.42 Å². The highest BCUT2D eigenvalue weighted by molar-refractivity contribution is 9.09. The van der Waals surface area contributed by atoms with E-state index in [4.69, 9.17) is 0 Å². The summed E-state index contributed by atoms with van der Waals surface area (Å²) >= 11 is 3.87. The second kappa shape index (κ2) is 5.18. The molecule has 0 fully saturated rings. The lowest BCUT2D eigenvalue weighted by Crippen LogP contribution is -2.16. The number of benzene rings is 2. The van der Waals surface area contributed by atoms with Gasteiger partial charge >= 0.3 is 0 Å². The molecule has 0 saturated carbocycles. The van der Waals surface area contributed by atoms with E-state index in [9.17, 15) is 0 Å². The quantitative estimate of drug-likeness (QED) is 0.658. The number of halogens is 1. The van der Waals surface area contributed by atoms with E-state index in [-0.39, 0.29) is 4.32 Å². The van der Waals surface area contributed by atoms with Gasteiger partial charge in [-0.1, -0.05) is 94.8 Å². The second-order valence-electron chi connectivity index (χ2n) is 4.79. The van der Waals surface area contributed by atoms with Gasteiger partial charge in [0.15, 0.2) is 0 Å². The zero-order chi connectivity index (χ0) is 13.1. The maximum atomic E-state index is 3.87. The largest absolute Gasteiger partial charge is 0.0752 e. The topological polar surface area (TPSA) is 0 Å². The van der Waals surface area contributed by atoms with E-state index < -0.39 is 0 Å². The number of alkyl halides is 1. The zero-order valence-corrected chi connectivity index (χ0v) is 12.2. The fourth-order valence-electron chi connectivity index (χ4n) is 2.39. The third kappa shape index (κ3) is 2.57. The number of hydrogen-bond donors (Lipinski definition) is 0. The normalized spacial score (nSPS) is 22.1. The Hall–Kier alpha value is -1.60. The number of allylic oxidation sites excluding steroid dienone is 4. The first-order valence-corrected chi connectivity index (χ1v) is 7.26. The Morgan fingerprint density at radius 2 is 1.47 bits per heavy atom. The van der Waals surface area contributed by atoms with Crippen LogP contribution in [0.4, 0.5) is 0 Å². The van der Waals surface area contributed by atoms with Crippen LogP contribution in [0.15, 0.2) is 78.9 Å². The number of hydrogen-bond acceptors (Lipinski definition) is 0. The average Bonchev–Trinajstić information content (AvgIpc) is 2.50. The SMILES string of the molecule is BrC1(c2ccccc2)C=CC(c2ccccc2)=CC1. The first-order chi connectivity index (χ1) is 9.28. The van der Waals surface area contributed by atoms with Crippen LogP contribution >= 0.6 is 15.9 Å². The third-order valence-corrected chi connectivity index (χ3v) is 4.55. The van der Waals surface area contributed by atoms with Crippen molar-refractivity contribution in [2.45, 2.75) is 10.7 Å². The van der Waals surface area contributed by atoms with Crippen molar-refractivity contribution in [3.63, 3.8) is 0 Å². The smallest absolute Gasteiger partial charge is 0.0723 e. The maximum absolute atomic E-state index is 3.87. The summed E-state index contributed by atoms with van der Waals surface area (Å²) in [6.45, 7) is 0. The molecule has 0 spiro atoms. The lowest BCUT2D eigenvalue weighted by Gasteiger charge is -2.26. The maximum Gasteiger partial charge on any atom is 0.0723 e. The van der Waals surface area contributed by atoms with E-state index in [2.05, 4.69) is 94.8 Å². The van der Waals surface area contributed by atoms with E-state index in [1.54, 1.807) is 0 Å². The Kier molecular flexibility index (Phi) is 3.39. The van der Waals surface area contributed by atoms with Crippen LogP contribution in [0.5, 0.6) is 0 Å². The summed E-state index contributed by atoms with van der Waals surface area (Å²) in [5, 5.41) is 0. The van der Waals surface area contributed by atoms with Gasteiger partial charge in [0.1, 0.15) is 0 Å². The molecule has 1 heteroatoms. The summed E-state index contributed by atoms with van der Waals surface area (Å²) < 4.78 is -0.0630. The molecule has 0 radical (unpaired) electrons. The highest BCUT2D eigenvalue weighted by atomic mass is 79.9. The molecule has 1 unspecified atom stereocenters.